The molecule has 7 heteroatoms. The average molecular weight is 355 g/mol. The number of para-hydroxylation sites is 2. The van der Waals surface area contributed by atoms with Gasteiger partial charge < -0.3 is 24.1 Å². The van der Waals surface area contributed by atoms with Crippen LogP contribution in [-0.4, -0.2) is 36.8 Å². The number of aromatic nitrogens is 2. The van der Waals surface area contributed by atoms with Crippen molar-refractivity contribution < 1.29 is 19.0 Å². The lowest BCUT2D eigenvalue weighted by Gasteiger charge is -2.14. The minimum absolute atomic E-state index is 0.283. The van der Waals surface area contributed by atoms with Crippen LogP contribution in [0.15, 0.2) is 36.4 Å². The smallest absolute Gasteiger partial charge is 0.255 e. The summed E-state index contributed by atoms with van der Waals surface area (Å²) in [6.07, 6.45) is 0. The number of imidazole rings is 1. The largest absolute Gasteiger partial charge is 0.496 e. The standard InChI is InChI=1S/C19H21N3O4/c1-22-14-8-6-5-7-13(14)21-18(22)11-20-19(23)12-9-16(25-3)17(26-4)10-15(12)24-2/h5-10H,11H2,1-4H3,(H,20,23). The summed E-state index contributed by atoms with van der Waals surface area (Å²) in [6.45, 7) is 0.293. The molecule has 1 N–H and O–H groups in total. The molecule has 1 aromatic heterocycles. The number of nitrogens with zero attached hydrogens (tertiary/aromatic N) is 2. The zero-order valence-electron chi connectivity index (χ0n) is 15.2. The maximum Gasteiger partial charge on any atom is 0.255 e. The number of nitrogens with one attached hydrogen (secondary N) is 1. The van der Waals surface area contributed by atoms with Crippen LogP contribution in [0.4, 0.5) is 0 Å². The molecule has 0 unspecified atom stereocenters. The highest BCUT2D eigenvalue weighted by Gasteiger charge is 2.18. The molecule has 0 spiro atoms. The van der Waals surface area contributed by atoms with Gasteiger partial charge in [-0.3, -0.25) is 4.79 Å². The van der Waals surface area contributed by atoms with E-state index in [4.69, 9.17) is 14.2 Å². The third-order valence-electron chi connectivity index (χ3n) is 4.24. The van der Waals surface area contributed by atoms with Gasteiger partial charge in [-0.2, -0.15) is 0 Å². The van der Waals surface area contributed by atoms with Crippen molar-refractivity contribution in [1.82, 2.24) is 14.9 Å². The van der Waals surface area contributed by atoms with Gasteiger partial charge in [0.2, 0.25) is 0 Å². The molecular formula is C19H21N3O4. The van der Waals surface area contributed by atoms with Gasteiger partial charge in [-0.25, -0.2) is 4.98 Å². The molecule has 0 radical (unpaired) electrons. The molecule has 3 rings (SSSR count). The SMILES string of the molecule is COc1cc(OC)c(C(=O)NCc2nc3ccccc3n2C)cc1OC. The fourth-order valence-electron chi connectivity index (χ4n) is 2.81. The fraction of sp³-hybridized carbons (Fsp3) is 0.263. The van der Waals surface area contributed by atoms with Gasteiger partial charge in [-0.1, -0.05) is 12.1 Å². The van der Waals surface area contributed by atoms with E-state index in [0.717, 1.165) is 16.9 Å². The Morgan fingerprint density at radius 3 is 2.35 bits per heavy atom. The highest BCUT2D eigenvalue weighted by Crippen LogP contribution is 2.34. The van der Waals surface area contributed by atoms with Crippen LogP contribution in [0.25, 0.3) is 11.0 Å². The van der Waals surface area contributed by atoms with Crippen LogP contribution in [0, 0.1) is 0 Å². The number of carbonyl (C=O) groups excluding carboxylic acids is 1. The molecule has 0 fully saturated rings. The second-order valence-electron chi connectivity index (χ2n) is 5.67. The average Bonchev–Trinajstić information content (AvgIpc) is 3.00. The molecule has 3 aromatic rings. The predicted molar refractivity (Wildman–Crippen MR) is 98.0 cm³/mol. The molecule has 0 atom stereocenters. The summed E-state index contributed by atoms with van der Waals surface area (Å²) in [5.74, 6) is 1.84. The highest BCUT2D eigenvalue weighted by molar-refractivity contribution is 5.97. The number of rotatable bonds is 6. The third-order valence-corrected chi connectivity index (χ3v) is 4.24. The lowest BCUT2D eigenvalue weighted by Crippen LogP contribution is -2.25. The lowest BCUT2D eigenvalue weighted by atomic mass is 10.1. The van der Waals surface area contributed by atoms with Gasteiger partial charge in [0.15, 0.2) is 11.5 Å². The topological polar surface area (TPSA) is 74.6 Å². The number of fused-ring (bicyclic) bond motifs is 1. The second-order valence-corrected chi connectivity index (χ2v) is 5.67. The zero-order valence-corrected chi connectivity index (χ0v) is 15.2. The molecular weight excluding hydrogens is 334 g/mol. The summed E-state index contributed by atoms with van der Waals surface area (Å²) in [5.41, 5.74) is 2.27. The Bertz CT molecular complexity index is 949. The van der Waals surface area contributed by atoms with Crippen molar-refractivity contribution in [2.24, 2.45) is 7.05 Å². The molecule has 0 saturated heterocycles. The normalized spacial score (nSPS) is 10.6. The van der Waals surface area contributed by atoms with Gasteiger partial charge >= 0.3 is 0 Å². The molecule has 1 amide bonds. The molecule has 0 aliphatic rings. The van der Waals surface area contributed by atoms with Crippen LogP contribution in [0.5, 0.6) is 17.2 Å². The van der Waals surface area contributed by atoms with Crippen molar-refractivity contribution in [3.63, 3.8) is 0 Å². The quantitative estimate of drug-likeness (QED) is 0.735. The van der Waals surface area contributed by atoms with Crippen LogP contribution >= 0.6 is 0 Å². The first-order valence-corrected chi connectivity index (χ1v) is 8.07. The Hall–Kier alpha value is -3.22. The van der Waals surface area contributed by atoms with Crippen molar-refractivity contribution in [3.05, 3.63) is 47.8 Å². The number of hydrogen-bond acceptors (Lipinski definition) is 5. The van der Waals surface area contributed by atoms with Crippen LogP contribution < -0.4 is 19.5 Å². The predicted octanol–water partition coefficient (Wildman–Crippen LogP) is 2.53. The van der Waals surface area contributed by atoms with E-state index < -0.39 is 0 Å². The molecule has 7 nitrogen and oxygen atoms in total. The molecule has 0 bridgehead atoms. The number of benzene rings is 2. The van der Waals surface area contributed by atoms with Gasteiger partial charge in [0.1, 0.15) is 11.6 Å². The Balaban J connectivity index is 1.84. The van der Waals surface area contributed by atoms with E-state index >= 15 is 0 Å². The summed E-state index contributed by atoms with van der Waals surface area (Å²) >= 11 is 0. The van der Waals surface area contributed by atoms with E-state index in [1.165, 1.54) is 21.3 Å². The molecule has 2 aromatic carbocycles. The van der Waals surface area contributed by atoms with Crippen LogP contribution in [0.2, 0.25) is 0 Å². The molecule has 0 aliphatic carbocycles. The Labute approximate surface area is 151 Å². The van der Waals surface area contributed by atoms with Crippen LogP contribution in [0.3, 0.4) is 0 Å². The zero-order chi connectivity index (χ0) is 18.7. The number of hydrogen-bond donors (Lipinski definition) is 1. The summed E-state index contributed by atoms with van der Waals surface area (Å²) in [6, 6.07) is 11.1. The second kappa shape index (κ2) is 7.35. The van der Waals surface area contributed by atoms with Crippen molar-refractivity contribution in [3.8, 4) is 17.2 Å². The summed E-state index contributed by atoms with van der Waals surface area (Å²) < 4.78 is 17.8. The van der Waals surface area contributed by atoms with E-state index in [0.29, 0.717) is 29.4 Å². The van der Waals surface area contributed by atoms with E-state index in [2.05, 4.69) is 10.3 Å². The van der Waals surface area contributed by atoms with Crippen molar-refractivity contribution >= 4 is 16.9 Å². The fourth-order valence-corrected chi connectivity index (χ4v) is 2.81. The Morgan fingerprint density at radius 1 is 1.04 bits per heavy atom. The first-order valence-electron chi connectivity index (χ1n) is 8.07. The van der Waals surface area contributed by atoms with E-state index in [-0.39, 0.29) is 5.91 Å². The number of amides is 1. The van der Waals surface area contributed by atoms with Gasteiger partial charge in [0.25, 0.3) is 5.91 Å². The summed E-state index contributed by atoms with van der Waals surface area (Å²) in [5, 5.41) is 2.88. The third kappa shape index (κ3) is 3.15. The van der Waals surface area contributed by atoms with Gasteiger partial charge in [0, 0.05) is 19.2 Å². The van der Waals surface area contributed by atoms with E-state index in [1.54, 1.807) is 12.1 Å². The Morgan fingerprint density at radius 2 is 1.69 bits per heavy atom. The maximum absolute atomic E-state index is 12.7. The number of carbonyl (C=O) groups is 1. The maximum atomic E-state index is 12.7. The Kier molecular flexibility index (Phi) is 4.97. The molecule has 1 heterocycles. The number of methoxy groups -OCH3 is 3. The molecule has 0 aliphatic heterocycles. The lowest BCUT2D eigenvalue weighted by molar-refractivity contribution is 0.0946. The van der Waals surface area contributed by atoms with Crippen molar-refractivity contribution in [2.45, 2.75) is 6.54 Å². The highest BCUT2D eigenvalue weighted by atomic mass is 16.5. The van der Waals surface area contributed by atoms with Crippen molar-refractivity contribution in [1.29, 1.82) is 0 Å². The van der Waals surface area contributed by atoms with Crippen molar-refractivity contribution in [2.75, 3.05) is 21.3 Å². The molecule has 0 saturated carbocycles. The summed E-state index contributed by atoms with van der Waals surface area (Å²) in [7, 11) is 6.48. The van der Waals surface area contributed by atoms with Gasteiger partial charge in [-0.05, 0) is 12.1 Å². The van der Waals surface area contributed by atoms with Crippen LogP contribution in [-0.2, 0) is 13.6 Å². The monoisotopic (exact) mass is 355 g/mol. The molecule has 136 valence electrons. The van der Waals surface area contributed by atoms with E-state index in [9.17, 15) is 4.79 Å². The van der Waals surface area contributed by atoms with Crippen LogP contribution in [0.1, 0.15) is 16.2 Å². The number of ether oxygens (including phenoxy) is 3. The summed E-state index contributed by atoms with van der Waals surface area (Å²) in [4.78, 5) is 17.2. The first-order chi connectivity index (χ1) is 12.6. The van der Waals surface area contributed by atoms with Gasteiger partial charge in [0.05, 0.1) is 44.5 Å². The first kappa shape index (κ1) is 17.6. The number of aryl methyl sites for hydroxylation is 1. The van der Waals surface area contributed by atoms with Gasteiger partial charge in [-0.15, -0.1) is 0 Å². The molecule has 26 heavy (non-hydrogen) atoms. The van der Waals surface area contributed by atoms with E-state index in [1.807, 2.05) is 35.9 Å². The minimum atomic E-state index is -0.283. The minimum Gasteiger partial charge on any atom is -0.496 e.